The molecular weight excluding hydrogens is 294 g/mol. The summed E-state index contributed by atoms with van der Waals surface area (Å²) in [6.07, 6.45) is 0.294. The fraction of sp³-hybridized carbons (Fsp3) is 0.529. The van der Waals surface area contributed by atoms with Crippen molar-refractivity contribution in [2.24, 2.45) is 5.92 Å². The number of benzene rings is 1. The van der Waals surface area contributed by atoms with Crippen LogP contribution in [-0.4, -0.2) is 68.5 Å². The van der Waals surface area contributed by atoms with Crippen LogP contribution < -0.4 is 9.64 Å². The summed E-state index contributed by atoms with van der Waals surface area (Å²) in [7, 11) is 3.66. The highest BCUT2D eigenvalue weighted by Crippen LogP contribution is 2.28. The molecule has 2 aliphatic rings. The lowest BCUT2D eigenvalue weighted by Crippen LogP contribution is -2.49. The average molecular weight is 317 g/mol. The van der Waals surface area contributed by atoms with Gasteiger partial charge in [0.25, 0.3) is 0 Å². The van der Waals surface area contributed by atoms with Crippen molar-refractivity contribution in [1.82, 2.24) is 9.80 Å². The summed E-state index contributed by atoms with van der Waals surface area (Å²) >= 11 is 0. The molecule has 0 saturated carbocycles. The van der Waals surface area contributed by atoms with Crippen LogP contribution in [0.25, 0.3) is 0 Å². The number of ether oxygens (including phenoxy) is 1. The highest BCUT2D eigenvalue weighted by atomic mass is 16.5. The Morgan fingerprint density at radius 2 is 1.96 bits per heavy atom. The number of hydrogen-bond acceptors (Lipinski definition) is 4. The number of rotatable bonds is 3. The molecule has 0 spiro atoms. The van der Waals surface area contributed by atoms with Crippen molar-refractivity contribution in [2.75, 3.05) is 51.8 Å². The molecule has 0 aliphatic carbocycles. The molecule has 1 atom stereocenters. The Morgan fingerprint density at radius 3 is 2.65 bits per heavy atom. The molecule has 2 aliphatic heterocycles. The summed E-state index contributed by atoms with van der Waals surface area (Å²) in [6, 6.07) is 7.41. The van der Waals surface area contributed by atoms with E-state index >= 15 is 0 Å². The predicted octanol–water partition coefficient (Wildman–Crippen LogP) is 0.822. The molecule has 6 nitrogen and oxygen atoms in total. The Labute approximate surface area is 136 Å². The van der Waals surface area contributed by atoms with Crippen LogP contribution >= 0.6 is 0 Å². The minimum Gasteiger partial charge on any atom is -0.497 e. The first-order valence-electron chi connectivity index (χ1n) is 8.00. The number of carbonyl (C=O) groups is 2. The topological polar surface area (TPSA) is 53.1 Å². The van der Waals surface area contributed by atoms with E-state index in [9.17, 15) is 9.59 Å². The zero-order valence-electron chi connectivity index (χ0n) is 13.7. The van der Waals surface area contributed by atoms with E-state index in [4.69, 9.17) is 4.74 Å². The smallest absolute Gasteiger partial charge is 0.228 e. The van der Waals surface area contributed by atoms with Gasteiger partial charge in [0, 0.05) is 50.9 Å². The molecule has 0 bridgehead atoms. The summed E-state index contributed by atoms with van der Waals surface area (Å²) < 4.78 is 5.21. The number of carbonyl (C=O) groups excluding carboxylic acids is 2. The number of nitrogens with zero attached hydrogens (tertiary/aromatic N) is 3. The molecule has 1 aromatic rings. The Kier molecular flexibility index (Phi) is 4.52. The van der Waals surface area contributed by atoms with Crippen LogP contribution in [0.4, 0.5) is 5.69 Å². The fourth-order valence-corrected chi connectivity index (χ4v) is 3.19. The Morgan fingerprint density at radius 1 is 1.22 bits per heavy atom. The van der Waals surface area contributed by atoms with Crippen LogP contribution in [0, 0.1) is 5.92 Å². The Bertz CT molecular complexity index is 597. The second-order valence-corrected chi connectivity index (χ2v) is 6.24. The molecule has 0 N–H and O–H groups in total. The molecule has 0 aromatic heterocycles. The van der Waals surface area contributed by atoms with Crippen molar-refractivity contribution < 1.29 is 14.3 Å². The summed E-state index contributed by atoms with van der Waals surface area (Å²) in [6.45, 7) is 3.74. The summed E-state index contributed by atoms with van der Waals surface area (Å²) in [5, 5.41) is 0. The third-order valence-electron chi connectivity index (χ3n) is 4.65. The first kappa shape index (κ1) is 15.8. The van der Waals surface area contributed by atoms with Gasteiger partial charge in [-0.25, -0.2) is 0 Å². The van der Waals surface area contributed by atoms with E-state index in [2.05, 4.69) is 11.9 Å². The van der Waals surface area contributed by atoms with Gasteiger partial charge in [0.1, 0.15) is 5.75 Å². The molecule has 2 amide bonds. The maximum Gasteiger partial charge on any atom is 0.228 e. The molecule has 23 heavy (non-hydrogen) atoms. The Hall–Kier alpha value is -2.08. The van der Waals surface area contributed by atoms with Crippen LogP contribution in [0.3, 0.4) is 0 Å². The van der Waals surface area contributed by atoms with Crippen molar-refractivity contribution in [2.45, 2.75) is 6.42 Å². The van der Waals surface area contributed by atoms with Gasteiger partial charge in [0.15, 0.2) is 0 Å². The van der Waals surface area contributed by atoms with Gasteiger partial charge in [0.05, 0.1) is 13.0 Å². The Balaban J connectivity index is 1.68. The lowest BCUT2D eigenvalue weighted by atomic mass is 10.1. The van der Waals surface area contributed by atoms with Gasteiger partial charge in [-0.3, -0.25) is 9.59 Å². The maximum absolute atomic E-state index is 12.7. The van der Waals surface area contributed by atoms with Gasteiger partial charge < -0.3 is 19.4 Å². The molecular formula is C17H23N3O3. The van der Waals surface area contributed by atoms with Gasteiger partial charge >= 0.3 is 0 Å². The van der Waals surface area contributed by atoms with Gasteiger partial charge in [-0.2, -0.15) is 0 Å². The van der Waals surface area contributed by atoms with Crippen molar-refractivity contribution >= 4 is 17.5 Å². The molecule has 0 radical (unpaired) electrons. The normalized spacial score (nSPS) is 22.5. The van der Waals surface area contributed by atoms with Gasteiger partial charge in [-0.15, -0.1) is 0 Å². The zero-order valence-corrected chi connectivity index (χ0v) is 13.7. The first-order chi connectivity index (χ1) is 11.1. The van der Waals surface area contributed by atoms with Gasteiger partial charge in [-0.05, 0) is 19.2 Å². The molecule has 124 valence electrons. The summed E-state index contributed by atoms with van der Waals surface area (Å²) in [5.74, 6) is 0.587. The zero-order chi connectivity index (χ0) is 16.4. The number of methoxy groups -OCH3 is 1. The number of anilines is 1. The SMILES string of the molecule is COc1cccc(N2C[C@@H](C(=O)N3CCN(C)CC3)CC2=O)c1. The number of piperazine rings is 1. The lowest BCUT2D eigenvalue weighted by molar-refractivity contribution is -0.137. The summed E-state index contributed by atoms with van der Waals surface area (Å²) in [5.41, 5.74) is 0.794. The number of amides is 2. The third kappa shape index (κ3) is 3.32. The summed E-state index contributed by atoms with van der Waals surface area (Å²) in [4.78, 5) is 30.8. The molecule has 1 aromatic carbocycles. The van der Waals surface area contributed by atoms with Crippen LogP contribution in [0.5, 0.6) is 5.75 Å². The van der Waals surface area contributed by atoms with Crippen molar-refractivity contribution in [3.63, 3.8) is 0 Å². The first-order valence-corrected chi connectivity index (χ1v) is 8.00. The van der Waals surface area contributed by atoms with Crippen LogP contribution in [0.15, 0.2) is 24.3 Å². The molecule has 0 unspecified atom stereocenters. The maximum atomic E-state index is 12.7. The number of hydrogen-bond donors (Lipinski definition) is 0. The molecule has 3 rings (SSSR count). The van der Waals surface area contributed by atoms with E-state index in [0.717, 1.165) is 31.9 Å². The van der Waals surface area contributed by atoms with E-state index in [1.54, 1.807) is 12.0 Å². The molecule has 6 heteroatoms. The fourth-order valence-electron chi connectivity index (χ4n) is 3.19. The highest BCUT2D eigenvalue weighted by Gasteiger charge is 2.37. The van der Waals surface area contributed by atoms with Gasteiger partial charge in [0.2, 0.25) is 11.8 Å². The molecule has 2 heterocycles. The monoisotopic (exact) mass is 317 g/mol. The standard InChI is InChI=1S/C17H23N3O3/c1-18-6-8-19(9-7-18)17(22)13-10-16(21)20(12-13)14-4-3-5-15(11-14)23-2/h3-5,11,13H,6-10,12H2,1-2H3/t13-/m0/s1. The third-order valence-corrected chi connectivity index (χ3v) is 4.65. The second kappa shape index (κ2) is 6.58. The molecule has 2 fully saturated rings. The minimum absolute atomic E-state index is 0.00531. The van der Waals surface area contributed by atoms with Crippen molar-refractivity contribution in [3.05, 3.63) is 24.3 Å². The quantitative estimate of drug-likeness (QED) is 0.828. The minimum atomic E-state index is -0.239. The van der Waals surface area contributed by atoms with Crippen LogP contribution in [0.1, 0.15) is 6.42 Å². The van der Waals surface area contributed by atoms with Crippen LogP contribution in [0.2, 0.25) is 0 Å². The average Bonchev–Trinajstić information content (AvgIpc) is 2.97. The van der Waals surface area contributed by atoms with E-state index in [1.165, 1.54) is 0 Å². The predicted molar refractivity (Wildman–Crippen MR) is 87.5 cm³/mol. The number of likely N-dealkylation sites (N-methyl/N-ethyl adjacent to an activating group) is 1. The highest BCUT2D eigenvalue weighted by molar-refractivity contribution is 6.00. The van der Waals surface area contributed by atoms with Crippen molar-refractivity contribution in [1.29, 1.82) is 0 Å². The van der Waals surface area contributed by atoms with E-state index in [-0.39, 0.29) is 17.7 Å². The van der Waals surface area contributed by atoms with Crippen molar-refractivity contribution in [3.8, 4) is 5.75 Å². The lowest BCUT2D eigenvalue weighted by Gasteiger charge is -2.33. The van der Waals surface area contributed by atoms with Gasteiger partial charge in [-0.1, -0.05) is 6.07 Å². The van der Waals surface area contributed by atoms with E-state index in [0.29, 0.717) is 18.7 Å². The molecule has 2 saturated heterocycles. The van der Waals surface area contributed by atoms with E-state index < -0.39 is 0 Å². The van der Waals surface area contributed by atoms with Crippen LogP contribution in [-0.2, 0) is 9.59 Å². The largest absolute Gasteiger partial charge is 0.497 e. The second-order valence-electron chi connectivity index (χ2n) is 6.24. The van der Waals surface area contributed by atoms with E-state index in [1.807, 2.05) is 29.2 Å².